The molecule has 0 radical (unpaired) electrons. The van der Waals surface area contributed by atoms with Gasteiger partial charge in [-0.15, -0.1) is 0 Å². The van der Waals surface area contributed by atoms with Crippen molar-refractivity contribution in [3.8, 4) is 0 Å². The van der Waals surface area contributed by atoms with Gasteiger partial charge in [0.25, 0.3) is 5.91 Å². The van der Waals surface area contributed by atoms with E-state index in [2.05, 4.69) is 15.8 Å². The van der Waals surface area contributed by atoms with Gasteiger partial charge in [-0.05, 0) is 64.4 Å². The van der Waals surface area contributed by atoms with Gasteiger partial charge in [-0.25, -0.2) is 10.2 Å². The molecule has 2 amide bonds. The van der Waals surface area contributed by atoms with Crippen LogP contribution < -0.4 is 10.7 Å². The van der Waals surface area contributed by atoms with E-state index in [1.165, 1.54) is 0 Å². The lowest BCUT2D eigenvalue weighted by atomic mass is 10.1. The fraction of sp³-hybridized carbons (Fsp3) is 0.316. The van der Waals surface area contributed by atoms with Gasteiger partial charge in [0, 0.05) is 5.69 Å². The van der Waals surface area contributed by atoms with Gasteiger partial charge in [0.1, 0.15) is 11.4 Å². The topological polar surface area (TPSA) is 92.9 Å². The van der Waals surface area contributed by atoms with Crippen LogP contribution in [-0.4, -0.2) is 23.3 Å². The van der Waals surface area contributed by atoms with Crippen LogP contribution in [0.3, 0.4) is 0 Å². The zero-order chi connectivity index (χ0) is 19.3. The Hall–Kier alpha value is -3.09. The summed E-state index contributed by atoms with van der Waals surface area (Å²) in [6, 6.07) is 10.5. The van der Waals surface area contributed by atoms with E-state index in [9.17, 15) is 9.59 Å². The minimum atomic E-state index is -0.630. The van der Waals surface area contributed by atoms with Gasteiger partial charge in [-0.1, -0.05) is 12.1 Å². The molecule has 0 saturated heterocycles. The average Bonchev–Trinajstić information content (AvgIpc) is 2.98. The van der Waals surface area contributed by atoms with Gasteiger partial charge < -0.3 is 14.5 Å². The Morgan fingerprint density at radius 3 is 2.50 bits per heavy atom. The highest BCUT2D eigenvalue weighted by atomic mass is 16.6. The largest absolute Gasteiger partial charge is 0.456 e. The molecule has 0 aliphatic carbocycles. The Balaban J connectivity index is 2.04. The number of nitrogens with zero attached hydrogens (tertiary/aromatic N) is 1. The minimum absolute atomic E-state index is 0.241. The summed E-state index contributed by atoms with van der Waals surface area (Å²) < 4.78 is 10.4. The number of benzene rings is 1. The molecule has 2 aromatic rings. The molecule has 1 aromatic heterocycles. The predicted molar refractivity (Wildman–Crippen MR) is 99.4 cm³/mol. The standard InChI is InChI=1S/C19H23N3O4/c1-12-9-10-16(25-12)17(23)20-15-8-6-7-14(11-15)13(2)21-22-18(24)26-19(3,4)5/h6-11H,1-5H3,(H,20,23)(H,22,24)/b21-13-. The van der Waals surface area contributed by atoms with Gasteiger partial charge in [0.2, 0.25) is 0 Å². The molecule has 2 rings (SSSR count). The van der Waals surface area contributed by atoms with Gasteiger partial charge in [-0.2, -0.15) is 5.10 Å². The third-order valence-electron chi connectivity index (χ3n) is 3.22. The number of amides is 2. The Labute approximate surface area is 152 Å². The van der Waals surface area contributed by atoms with Crippen molar-refractivity contribution in [3.05, 3.63) is 53.5 Å². The molecule has 7 heteroatoms. The molecule has 0 atom stereocenters. The number of ether oxygens (including phenoxy) is 1. The van der Waals surface area contributed by atoms with Crippen molar-refractivity contribution in [2.24, 2.45) is 5.10 Å². The molecule has 138 valence electrons. The summed E-state index contributed by atoms with van der Waals surface area (Å²) in [4.78, 5) is 23.8. The first-order valence-corrected chi connectivity index (χ1v) is 8.15. The second-order valence-electron chi connectivity index (χ2n) is 6.76. The van der Waals surface area contributed by atoms with Crippen LogP contribution in [0.4, 0.5) is 10.5 Å². The molecule has 26 heavy (non-hydrogen) atoms. The molecule has 2 N–H and O–H groups in total. The number of hydrazone groups is 1. The number of aryl methyl sites for hydroxylation is 1. The fourth-order valence-electron chi connectivity index (χ4n) is 2.07. The molecule has 0 aliphatic rings. The second kappa shape index (κ2) is 7.86. The number of furan rings is 1. The lowest BCUT2D eigenvalue weighted by Gasteiger charge is -2.18. The molecular weight excluding hydrogens is 334 g/mol. The highest BCUT2D eigenvalue weighted by molar-refractivity contribution is 6.04. The summed E-state index contributed by atoms with van der Waals surface area (Å²) in [5.41, 5.74) is 3.66. The van der Waals surface area contributed by atoms with Crippen LogP contribution in [0.15, 0.2) is 45.9 Å². The minimum Gasteiger partial charge on any atom is -0.456 e. The number of hydrogen-bond donors (Lipinski definition) is 2. The molecule has 0 fully saturated rings. The SMILES string of the molecule is C/C(=N/NC(=O)OC(C)(C)C)c1cccc(NC(=O)c2ccc(C)o2)c1. The monoisotopic (exact) mass is 357 g/mol. The summed E-state index contributed by atoms with van der Waals surface area (Å²) in [6.45, 7) is 8.84. The summed E-state index contributed by atoms with van der Waals surface area (Å²) in [6.07, 6.45) is -0.630. The first-order chi connectivity index (χ1) is 12.1. The van der Waals surface area contributed by atoms with E-state index in [-0.39, 0.29) is 11.7 Å². The predicted octanol–water partition coefficient (Wildman–Crippen LogP) is 4.09. The molecule has 0 aliphatic heterocycles. The molecule has 1 heterocycles. The summed E-state index contributed by atoms with van der Waals surface area (Å²) in [5, 5.41) is 6.78. The Bertz CT molecular complexity index is 831. The van der Waals surface area contributed by atoms with E-state index >= 15 is 0 Å². The molecule has 1 aromatic carbocycles. The maximum atomic E-state index is 12.1. The van der Waals surface area contributed by atoms with Crippen LogP contribution in [0, 0.1) is 6.92 Å². The van der Waals surface area contributed by atoms with E-state index in [4.69, 9.17) is 9.15 Å². The smallest absolute Gasteiger partial charge is 0.428 e. The average molecular weight is 357 g/mol. The zero-order valence-corrected chi connectivity index (χ0v) is 15.5. The van der Waals surface area contributed by atoms with E-state index < -0.39 is 11.7 Å². The van der Waals surface area contributed by atoms with Crippen LogP contribution in [0.2, 0.25) is 0 Å². The van der Waals surface area contributed by atoms with Crippen molar-refractivity contribution in [2.45, 2.75) is 40.2 Å². The van der Waals surface area contributed by atoms with Crippen molar-refractivity contribution in [3.63, 3.8) is 0 Å². The van der Waals surface area contributed by atoms with Crippen LogP contribution in [0.5, 0.6) is 0 Å². The number of nitrogens with one attached hydrogen (secondary N) is 2. The van der Waals surface area contributed by atoms with E-state index in [0.717, 1.165) is 5.56 Å². The molecule has 0 bridgehead atoms. The maximum Gasteiger partial charge on any atom is 0.428 e. The third-order valence-corrected chi connectivity index (χ3v) is 3.22. The summed E-state index contributed by atoms with van der Waals surface area (Å²) in [7, 11) is 0. The second-order valence-corrected chi connectivity index (χ2v) is 6.76. The van der Waals surface area contributed by atoms with Crippen LogP contribution >= 0.6 is 0 Å². The van der Waals surface area contributed by atoms with Crippen molar-refractivity contribution in [2.75, 3.05) is 5.32 Å². The Kier molecular flexibility index (Phi) is 5.82. The van der Waals surface area contributed by atoms with Crippen LogP contribution in [-0.2, 0) is 4.74 Å². The first kappa shape index (κ1) is 19.2. The molecule has 7 nitrogen and oxygen atoms in total. The lowest BCUT2D eigenvalue weighted by Crippen LogP contribution is -2.30. The number of rotatable bonds is 4. The maximum absolute atomic E-state index is 12.1. The summed E-state index contributed by atoms with van der Waals surface area (Å²) >= 11 is 0. The van der Waals surface area contributed by atoms with E-state index in [1.807, 2.05) is 6.07 Å². The highest BCUT2D eigenvalue weighted by Crippen LogP contribution is 2.14. The fourth-order valence-corrected chi connectivity index (χ4v) is 2.07. The number of hydrogen-bond acceptors (Lipinski definition) is 5. The van der Waals surface area contributed by atoms with Gasteiger partial charge in [-0.3, -0.25) is 4.79 Å². The van der Waals surface area contributed by atoms with Gasteiger partial charge in [0.15, 0.2) is 5.76 Å². The Morgan fingerprint density at radius 2 is 1.88 bits per heavy atom. The zero-order valence-electron chi connectivity index (χ0n) is 15.5. The molecule has 0 unspecified atom stereocenters. The summed E-state index contributed by atoms with van der Waals surface area (Å²) in [5.74, 6) is 0.571. The van der Waals surface area contributed by atoms with Crippen molar-refractivity contribution in [1.82, 2.24) is 5.43 Å². The van der Waals surface area contributed by atoms with E-state index in [1.54, 1.807) is 65.0 Å². The van der Waals surface area contributed by atoms with Crippen LogP contribution in [0.1, 0.15) is 49.6 Å². The number of carbonyl (C=O) groups excluding carboxylic acids is 2. The number of carbonyl (C=O) groups is 2. The molecule has 0 spiro atoms. The normalized spacial score (nSPS) is 11.8. The van der Waals surface area contributed by atoms with Crippen molar-refractivity contribution < 1.29 is 18.7 Å². The van der Waals surface area contributed by atoms with Gasteiger partial charge in [0.05, 0.1) is 5.71 Å². The van der Waals surface area contributed by atoms with Crippen molar-refractivity contribution in [1.29, 1.82) is 0 Å². The quantitative estimate of drug-likeness (QED) is 0.637. The Morgan fingerprint density at radius 1 is 1.15 bits per heavy atom. The lowest BCUT2D eigenvalue weighted by molar-refractivity contribution is 0.0529. The molecule has 0 saturated carbocycles. The highest BCUT2D eigenvalue weighted by Gasteiger charge is 2.15. The first-order valence-electron chi connectivity index (χ1n) is 8.15. The van der Waals surface area contributed by atoms with Crippen molar-refractivity contribution >= 4 is 23.4 Å². The third kappa shape index (κ3) is 5.77. The van der Waals surface area contributed by atoms with E-state index in [0.29, 0.717) is 17.2 Å². The molecular formula is C19H23N3O4. The number of anilines is 1. The van der Waals surface area contributed by atoms with Crippen LogP contribution in [0.25, 0.3) is 0 Å². The van der Waals surface area contributed by atoms with Gasteiger partial charge >= 0.3 is 6.09 Å².